The fraction of sp³-hybridized carbons (Fsp3) is 0.375. The van der Waals surface area contributed by atoms with Crippen LogP contribution in [0.15, 0.2) is 6.33 Å². The molecule has 2 aromatic heterocycles. The zero-order valence-electron chi connectivity index (χ0n) is 7.80. The molecule has 0 bridgehead atoms. The zero-order valence-corrected chi connectivity index (χ0v) is 7.80. The Bertz CT molecular complexity index is 502. The number of hydrogen-bond acceptors (Lipinski definition) is 5. The summed E-state index contributed by atoms with van der Waals surface area (Å²) in [6.45, 7) is 1.87. The van der Waals surface area contributed by atoms with Crippen LogP contribution in [0.25, 0.3) is 11.2 Å². The minimum Gasteiger partial charge on any atom is -0.382 e. The molecule has 0 unspecified atom stereocenters. The summed E-state index contributed by atoms with van der Waals surface area (Å²) in [7, 11) is 2.01. The van der Waals surface area contributed by atoms with Gasteiger partial charge >= 0.3 is 0 Å². The Morgan fingerprint density at radius 1 is 1.36 bits per heavy atom. The summed E-state index contributed by atoms with van der Waals surface area (Å²) in [5, 5.41) is 0. The molecule has 0 amide bonds. The summed E-state index contributed by atoms with van der Waals surface area (Å²) < 4.78 is 2.06. The number of anilines is 2. The molecule has 0 radical (unpaired) electrons. The zero-order chi connectivity index (χ0) is 9.71. The van der Waals surface area contributed by atoms with Gasteiger partial charge in [-0.05, 0) is 0 Å². The molecular weight excluding hydrogens is 180 g/mol. The van der Waals surface area contributed by atoms with Crippen LogP contribution in [0.5, 0.6) is 0 Å². The van der Waals surface area contributed by atoms with E-state index < -0.39 is 0 Å². The molecule has 14 heavy (non-hydrogen) atoms. The molecule has 2 aromatic rings. The molecule has 2 N–H and O–H groups in total. The van der Waals surface area contributed by atoms with Gasteiger partial charge in [-0.3, -0.25) is 0 Å². The van der Waals surface area contributed by atoms with Gasteiger partial charge in [0.25, 0.3) is 0 Å². The van der Waals surface area contributed by atoms with Crippen LogP contribution in [0.3, 0.4) is 0 Å². The predicted octanol–water partition coefficient (Wildman–Crippen LogP) is -0.142. The fourth-order valence-corrected chi connectivity index (χ4v) is 1.83. The topological polar surface area (TPSA) is 72.9 Å². The van der Waals surface area contributed by atoms with Gasteiger partial charge in [-0.25, -0.2) is 9.97 Å². The van der Waals surface area contributed by atoms with Crippen molar-refractivity contribution in [3.63, 3.8) is 0 Å². The maximum Gasteiger partial charge on any atom is 0.208 e. The number of rotatable bonds is 0. The van der Waals surface area contributed by atoms with Crippen LogP contribution in [0.4, 0.5) is 11.8 Å². The normalized spacial score (nSPS) is 15.1. The van der Waals surface area contributed by atoms with Crippen molar-refractivity contribution < 1.29 is 0 Å². The second kappa shape index (κ2) is 2.34. The van der Waals surface area contributed by atoms with Crippen LogP contribution in [-0.4, -0.2) is 33.1 Å². The van der Waals surface area contributed by atoms with Crippen LogP contribution >= 0.6 is 0 Å². The largest absolute Gasteiger partial charge is 0.382 e. The predicted molar refractivity (Wildman–Crippen MR) is 53.0 cm³/mol. The average molecular weight is 190 g/mol. The molecule has 72 valence electrons. The average Bonchev–Trinajstić information content (AvgIpc) is 2.68. The third kappa shape index (κ3) is 0.773. The van der Waals surface area contributed by atoms with E-state index in [1.165, 1.54) is 6.33 Å². The lowest BCUT2D eigenvalue weighted by Crippen LogP contribution is -2.13. The number of hydrogen-bond donors (Lipinski definition) is 1. The Morgan fingerprint density at radius 2 is 2.21 bits per heavy atom. The Hall–Kier alpha value is -1.85. The van der Waals surface area contributed by atoms with E-state index in [0.717, 1.165) is 24.6 Å². The van der Waals surface area contributed by atoms with Gasteiger partial charge in [0, 0.05) is 20.1 Å². The smallest absolute Gasteiger partial charge is 0.208 e. The van der Waals surface area contributed by atoms with Crippen molar-refractivity contribution >= 4 is 22.9 Å². The first-order valence-corrected chi connectivity index (χ1v) is 4.45. The van der Waals surface area contributed by atoms with Crippen molar-refractivity contribution in [1.82, 2.24) is 19.5 Å². The van der Waals surface area contributed by atoms with Crippen molar-refractivity contribution in [2.75, 3.05) is 24.2 Å². The summed E-state index contributed by atoms with van der Waals surface area (Å²) in [4.78, 5) is 14.5. The van der Waals surface area contributed by atoms with E-state index >= 15 is 0 Å². The number of nitrogens with zero attached hydrogens (tertiary/aromatic N) is 5. The summed E-state index contributed by atoms with van der Waals surface area (Å²) in [5.41, 5.74) is 7.32. The van der Waals surface area contributed by atoms with E-state index in [2.05, 4.69) is 24.4 Å². The van der Waals surface area contributed by atoms with Crippen LogP contribution in [0.1, 0.15) is 0 Å². The van der Waals surface area contributed by atoms with E-state index in [4.69, 9.17) is 5.73 Å². The van der Waals surface area contributed by atoms with Crippen LogP contribution < -0.4 is 10.6 Å². The molecule has 0 saturated heterocycles. The Labute approximate surface area is 80.4 Å². The number of nitrogens with two attached hydrogens (primary N) is 1. The first kappa shape index (κ1) is 7.54. The summed E-state index contributed by atoms with van der Waals surface area (Å²) >= 11 is 0. The molecule has 3 heterocycles. The summed E-state index contributed by atoms with van der Waals surface area (Å²) in [6.07, 6.45) is 1.44. The van der Waals surface area contributed by atoms with Crippen LogP contribution in [-0.2, 0) is 6.54 Å². The van der Waals surface area contributed by atoms with Crippen molar-refractivity contribution in [3.8, 4) is 0 Å². The molecule has 0 aliphatic carbocycles. The highest BCUT2D eigenvalue weighted by Gasteiger charge is 2.22. The Balaban J connectivity index is 2.41. The molecule has 3 rings (SSSR count). The number of fused-ring (bicyclic) bond motifs is 3. The second-order valence-corrected chi connectivity index (χ2v) is 3.42. The lowest BCUT2D eigenvalue weighted by atomic mass is 10.5. The number of nitrogen functional groups attached to an aromatic ring is 1. The Morgan fingerprint density at radius 3 is 3.07 bits per heavy atom. The third-order valence-electron chi connectivity index (χ3n) is 2.55. The first-order valence-electron chi connectivity index (χ1n) is 4.45. The molecular formula is C8H10N6. The van der Waals surface area contributed by atoms with Gasteiger partial charge in [-0.1, -0.05) is 0 Å². The summed E-state index contributed by atoms with van der Waals surface area (Å²) in [5.74, 6) is 1.43. The molecule has 0 saturated carbocycles. The Kier molecular flexibility index (Phi) is 1.26. The number of likely N-dealkylation sites (N-methyl/N-ethyl adjacent to an activating group) is 1. The lowest BCUT2D eigenvalue weighted by Gasteiger charge is -2.04. The molecule has 0 spiro atoms. The monoisotopic (exact) mass is 190 g/mol. The van der Waals surface area contributed by atoms with E-state index in [0.29, 0.717) is 11.5 Å². The van der Waals surface area contributed by atoms with E-state index in [9.17, 15) is 0 Å². The number of imidazole rings is 1. The van der Waals surface area contributed by atoms with Crippen LogP contribution in [0.2, 0.25) is 0 Å². The van der Waals surface area contributed by atoms with Gasteiger partial charge in [-0.15, -0.1) is 0 Å². The lowest BCUT2D eigenvalue weighted by molar-refractivity contribution is 0.817. The standard InChI is InChI=1S/C8H10N6/c1-13-2-3-14-5-6(9)10-4-11-7(5)12-8(13)14/h4H,2-3H2,1H3,(H2,9,10,11). The van der Waals surface area contributed by atoms with E-state index in [1.54, 1.807) is 0 Å². The van der Waals surface area contributed by atoms with Gasteiger partial charge < -0.3 is 15.2 Å². The van der Waals surface area contributed by atoms with Crippen molar-refractivity contribution in [1.29, 1.82) is 0 Å². The van der Waals surface area contributed by atoms with Crippen LogP contribution in [0, 0.1) is 0 Å². The maximum absolute atomic E-state index is 5.79. The molecule has 0 fully saturated rings. The van der Waals surface area contributed by atoms with Crippen molar-refractivity contribution in [3.05, 3.63) is 6.33 Å². The molecule has 0 atom stereocenters. The molecule has 1 aliphatic rings. The highest BCUT2D eigenvalue weighted by atomic mass is 15.4. The van der Waals surface area contributed by atoms with Gasteiger partial charge in [0.05, 0.1) is 0 Å². The first-order chi connectivity index (χ1) is 6.77. The van der Waals surface area contributed by atoms with Crippen molar-refractivity contribution in [2.45, 2.75) is 6.54 Å². The third-order valence-corrected chi connectivity index (χ3v) is 2.55. The second-order valence-electron chi connectivity index (χ2n) is 3.42. The SMILES string of the molecule is CN1CCn2c1nc1ncnc(N)c12. The van der Waals surface area contributed by atoms with E-state index in [1.807, 2.05) is 7.05 Å². The van der Waals surface area contributed by atoms with Gasteiger partial charge in [0.1, 0.15) is 11.8 Å². The van der Waals surface area contributed by atoms with Gasteiger partial charge in [0.15, 0.2) is 11.5 Å². The highest BCUT2D eigenvalue weighted by Crippen LogP contribution is 2.26. The molecule has 0 aromatic carbocycles. The van der Waals surface area contributed by atoms with Gasteiger partial charge in [0.2, 0.25) is 5.95 Å². The minimum atomic E-state index is 0.504. The number of aromatic nitrogens is 4. The minimum absolute atomic E-state index is 0.504. The van der Waals surface area contributed by atoms with Gasteiger partial charge in [-0.2, -0.15) is 4.98 Å². The van der Waals surface area contributed by atoms with Crippen molar-refractivity contribution in [2.24, 2.45) is 0 Å². The fourth-order valence-electron chi connectivity index (χ4n) is 1.83. The molecule has 6 heteroatoms. The molecule has 1 aliphatic heterocycles. The maximum atomic E-state index is 5.79. The summed E-state index contributed by atoms with van der Waals surface area (Å²) in [6, 6.07) is 0. The molecule has 6 nitrogen and oxygen atoms in total. The quantitative estimate of drug-likeness (QED) is 0.625. The van der Waals surface area contributed by atoms with E-state index in [-0.39, 0.29) is 0 Å². The highest BCUT2D eigenvalue weighted by molar-refractivity contribution is 5.84.